The number of hydrogen-bond acceptors (Lipinski definition) is 5. The Morgan fingerprint density at radius 1 is 1.00 bits per heavy atom. The van der Waals surface area contributed by atoms with Crippen LogP contribution in [0.4, 0.5) is 11.8 Å². The van der Waals surface area contributed by atoms with Gasteiger partial charge in [0.1, 0.15) is 17.4 Å². The zero-order valence-electron chi connectivity index (χ0n) is 17.9. The summed E-state index contributed by atoms with van der Waals surface area (Å²) in [6, 6.07) is 16.0. The second-order valence-corrected chi connectivity index (χ2v) is 7.41. The largest absolute Gasteiger partial charge is 0.493 e. The average molecular weight is 414 g/mol. The van der Waals surface area contributed by atoms with Crippen LogP contribution in [0.1, 0.15) is 25.3 Å². The first-order chi connectivity index (χ1) is 15.2. The highest BCUT2D eigenvalue weighted by Gasteiger charge is 2.10. The number of para-hydroxylation sites is 2. The number of fused-ring (bicyclic) bond motifs is 5. The van der Waals surface area contributed by atoms with Crippen LogP contribution in [0.15, 0.2) is 77.3 Å². The molecule has 2 heterocycles. The lowest BCUT2D eigenvalue weighted by atomic mass is 10.1. The van der Waals surface area contributed by atoms with E-state index in [2.05, 4.69) is 46.8 Å². The van der Waals surface area contributed by atoms with Crippen molar-refractivity contribution >= 4 is 28.5 Å². The average Bonchev–Trinajstić information content (AvgIpc) is 2.79. The lowest BCUT2D eigenvalue weighted by molar-refractivity contribution is 0.322. The van der Waals surface area contributed by atoms with Gasteiger partial charge in [0.05, 0.1) is 12.1 Å². The lowest BCUT2D eigenvalue weighted by Crippen LogP contribution is -2.13. The van der Waals surface area contributed by atoms with Crippen LogP contribution in [-0.4, -0.2) is 29.5 Å². The molecule has 2 N–H and O–H groups in total. The minimum absolute atomic E-state index is 0.554. The minimum atomic E-state index is 0.554. The van der Waals surface area contributed by atoms with Crippen molar-refractivity contribution in [2.75, 3.05) is 24.3 Å². The molecule has 1 aliphatic rings. The van der Waals surface area contributed by atoms with Gasteiger partial charge in [0.2, 0.25) is 5.95 Å². The van der Waals surface area contributed by atoms with Crippen LogP contribution in [0, 0.1) is 0 Å². The van der Waals surface area contributed by atoms with Crippen LogP contribution in [0.2, 0.25) is 0 Å². The van der Waals surface area contributed by atoms with E-state index in [0.717, 1.165) is 46.7 Å². The van der Waals surface area contributed by atoms with Gasteiger partial charge in [-0.15, -0.1) is 0 Å². The fourth-order valence-electron chi connectivity index (χ4n) is 3.41. The Bertz CT molecular complexity index is 1150. The predicted molar refractivity (Wildman–Crippen MR) is 128 cm³/mol. The third-order valence-corrected chi connectivity index (χ3v) is 5.03. The van der Waals surface area contributed by atoms with Gasteiger partial charge in [0.15, 0.2) is 0 Å². The SMILES string of the molecule is CN=C1/C=C(\C)C/C=C\CCOc2ccccc2CNc2nc(c3ccccc3n2)N1. The van der Waals surface area contributed by atoms with E-state index in [1.165, 1.54) is 5.57 Å². The highest BCUT2D eigenvalue weighted by atomic mass is 16.5. The summed E-state index contributed by atoms with van der Waals surface area (Å²) in [6.45, 7) is 3.30. The maximum atomic E-state index is 6.02. The molecule has 0 radical (unpaired) electrons. The number of benzene rings is 2. The van der Waals surface area contributed by atoms with Gasteiger partial charge in [0.25, 0.3) is 0 Å². The summed E-state index contributed by atoms with van der Waals surface area (Å²) >= 11 is 0. The third kappa shape index (κ3) is 5.28. The Labute approximate surface area is 182 Å². The molecule has 6 nitrogen and oxygen atoms in total. The molecule has 0 amide bonds. The first kappa shape index (κ1) is 20.6. The van der Waals surface area contributed by atoms with Crippen molar-refractivity contribution in [1.82, 2.24) is 9.97 Å². The van der Waals surface area contributed by atoms with E-state index in [-0.39, 0.29) is 0 Å². The zero-order chi connectivity index (χ0) is 21.5. The molecule has 158 valence electrons. The molecule has 0 unspecified atom stereocenters. The maximum absolute atomic E-state index is 6.02. The van der Waals surface area contributed by atoms with Gasteiger partial charge in [0, 0.05) is 24.5 Å². The molecular formula is C25H27N5O. The molecule has 4 rings (SSSR count). The van der Waals surface area contributed by atoms with Crippen LogP contribution in [0.5, 0.6) is 5.75 Å². The van der Waals surface area contributed by atoms with Crippen molar-refractivity contribution in [3.8, 4) is 5.75 Å². The quantitative estimate of drug-likeness (QED) is 0.486. The first-order valence-corrected chi connectivity index (χ1v) is 10.5. The van der Waals surface area contributed by atoms with E-state index in [1.807, 2.05) is 42.5 Å². The number of ether oxygens (including phenoxy) is 1. The molecule has 2 aromatic carbocycles. The molecule has 0 aliphatic carbocycles. The summed E-state index contributed by atoms with van der Waals surface area (Å²) in [7, 11) is 1.78. The monoisotopic (exact) mass is 413 g/mol. The van der Waals surface area contributed by atoms with Crippen LogP contribution in [0.3, 0.4) is 0 Å². The number of nitrogens with one attached hydrogen (secondary N) is 2. The number of allylic oxidation sites excluding steroid dienone is 2. The molecule has 0 saturated carbocycles. The lowest BCUT2D eigenvalue weighted by Gasteiger charge is -2.14. The molecule has 0 saturated heterocycles. The number of rotatable bonds is 0. The van der Waals surface area contributed by atoms with E-state index >= 15 is 0 Å². The Balaban J connectivity index is 1.74. The Morgan fingerprint density at radius 3 is 2.74 bits per heavy atom. The number of aliphatic imine (C=N–C) groups is 1. The van der Waals surface area contributed by atoms with Crippen molar-refractivity contribution in [1.29, 1.82) is 0 Å². The van der Waals surface area contributed by atoms with Gasteiger partial charge in [-0.1, -0.05) is 48.1 Å². The topological polar surface area (TPSA) is 71.4 Å². The molecule has 0 fully saturated rings. The van der Waals surface area contributed by atoms with Crippen LogP contribution in [0.25, 0.3) is 10.9 Å². The van der Waals surface area contributed by atoms with E-state index in [9.17, 15) is 0 Å². The fourth-order valence-corrected chi connectivity index (χ4v) is 3.41. The van der Waals surface area contributed by atoms with E-state index < -0.39 is 0 Å². The molecule has 0 spiro atoms. The Hall–Kier alpha value is -3.67. The second-order valence-electron chi connectivity index (χ2n) is 7.41. The van der Waals surface area contributed by atoms with Gasteiger partial charge in [-0.05, 0) is 44.0 Å². The first-order valence-electron chi connectivity index (χ1n) is 10.5. The van der Waals surface area contributed by atoms with Crippen LogP contribution in [-0.2, 0) is 6.54 Å². The number of aromatic nitrogens is 2. The zero-order valence-corrected chi connectivity index (χ0v) is 17.9. The number of hydrogen-bond donors (Lipinski definition) is 2. The van der Waals surface area contributed by atoms with Crippen molar-refractivity contribution in [3.63, 3.8) is 0 Å². The maximum Gasteiger partial charge on any atom is 0.225 e. The van der Waals surface area contributed by atoms with Crippen molar-refractivity contribution in [2.24, 2.45) is 4.99 Å². The van der Waals surface area contributed by atoms with E-state index in [4.69, 9.17) is 14.7 Å². The van der Waals surface area contributed by atoms with Gasteiger partial charge in [-0.25, -0.2) is 4.98 Å². The van der Waals surface area contributed by atoms with E-state index in [0.29, 0.717) is 19.1 Å². The van der Waals surface area contributed by atoms with E-state index in [1.54, 1.807) is 7.05 Å². The molecule has 2 bridgehead atoms. The highest BCUT2D eigenvalue weighted by molar-refractivity contribution is 6.07. The standard InChI is InChI=1S/C25H27N5O/c1-18-10-4-3-9-15-31-22-14-8-5-11-19(22)17-27-25-28-21-13-7-6-12-20(21)24(30-25)29-23(16-18)26-2/h3-8,11-14,16H,9-10,15,17H2,1-2H3,(H2,26,27,28,29,30)/b4-3-,18-16+. The summed E-state index contributed by atoms with van der Waals surface area (Å²) in [5.41, 5.74) is 3.14. The number of anilines is 2. The number of amidine groups is 1. The normalized spacial score (nSPS) is 19.2. The van der Waals surface area contributed by atoms with Crippen LogP contribution >= 0.6 is 0 Å². The highest BCUT2D eigenvalue weighted by Crippen LogP contribution is 2.24. The summed E-state index contributed by atoms with van der Waals surface area (Å²) in [6.07, 6.45) is 8.10. The molecule has 1 aliphatic heterocycles. The molecular weight excluding hydrogens is 386 g/mol. The van der Waals surface area contributed by atoms with Gasteiger partial charge >= 0.3 is 0 Å². The fraction of sp³-hybridized carbons (Fsp3) is 0.240. The smallest absolute Gasteiger partial charge is 0.225 e. The summed E-state index contributed by atoms with van der Waals surface area (Å²) < 4.78 is 6.02. The Kier molecular flexibility index (Phi) is 6.57. The molecule has 3 aromatic rings. The van der Waals surface area contributed by atoms with Gasteiger partial charge in [-0.2, -0.15) is 4.98 Å². The summed E-state index contributed by atoms with van der Waals surface area (Å²) in [5.74, 6) is 2.92. The van der Waals surface area contributed by atoms with Crippen molar-refractivity contribution in [2.45, 2.75) is 26.3 Å². The van der Waals surface area contributed by atoms with Crippen LogP contribution < -0.4 is 15.4 Å². The minimum Gasteiger partial charge on any atom is -0.493 e. The molecule has 31 heavy (non-hydrogen) atoms. The molecule has 6 heteroatoms. The number of nitrogens with zero attached hydrogens (tertiary/aromatic N) is 3. The molecule has 1 aromatic heterocycles. The van der Waals surface area contributed by atoms with Gasteiger partial charge in [-0.3, -0.25) is 4.99 Å². The molecule has 0 atom stereocenters. The summed E-state index contributed by atoms with van der Waals surface area (Å²) in [5, 5.41) is 7.69. The Morgan fingerprint density at radius 2 is 1.84 bits per heavy atom. The predicted octanol–water partition coefficient (Wildman–Crippen LogP) is 5.36. The summed E-state index contributed by atoms with van der Waals surface area (Å²) in [4.78, 5) is 13.9. The second kappa shape index (κ2) is 9.89. The van der Waals surface area contributed by atoms with Crippen molar-refractivity contribution in [3.05, 3.63) is 77.9 Å². The third-order valence-electron chi connectivity index (χ3n) is 5.03. The van der Waals surface area contributed by atoms with Gasteiger partial charge < -0.3 is 15.4 Å². The van der Waals surface area contributed by atoms with Crippen molar-refractivity contribution < 1.29 is 4.74 Å².